The maximum absolute atomic E-state index is 14.4. The number of aromatic nitrogens is 5. The molecule has 2 aromatic carbocycles. The van der Waals surface area contributed by atoms with Crippen molar-refractivity contribution in [2.24, 2.45) is 0 Å². The number of benzene rings is 2. The zero-order valence-corrected chi connectivity index (χ0v) is 28.4. The van der Waals surface area contributed by atoms with Crippen LogP contribution in [0.25, 0.3) is 11.3 Å². The third kappa shape index (κ3) is 6.69. The number of carbonyl (C=O) groups excluding carboxylic acids is 1. The molecule has 0 saturated carbocycles. The number of rotatable bonds is 7. The molecule has 0 spiro atoms. The van der Waals surface area contributed by atoms with Gasteiger partial charge in [-0.1, -0.05) is 45.0 Å². The van der Waals surface area contributed by atoms with Crippen molar-refractivity contribution in [3.05, 3.63) is 95.1 Å². The van der Waals surface area contributed by atoms with Crippen molar-refractivity contribution in [3.8, 4) is 11.4 Å². The smallest absolute Gasteiger partial charge is 0.320 e. The molecule has 0 radical (unpaired) electrons. The number of piperidine rings is 1. The zero-order chi connectivity index (χ0) is 34.3. The highest BCUT2D eigenvalue weighted by Gasteiger charge is 2.31. The molecule has 2 amide bonds. The fourth-order valence-electron chi connectivity index (χ4n) is 6.90. The van der Waals surface area contributed by atoms with Gasteiger partial charge in [0.05, 0.1) is 30.2 Å². The van der Waals surface area contributed by atoms with Crippen molar-refractivity contribution < 1.29 is 19.0 Å². The Morgan fingerprint density at radius 3 is 2.61 bits per heavy atom. The average Bonchev–Trinajstić information content (AvgIpc) is 3.70. The Balaban J connectivity index is 1.10. The number of fused-ring (bicyclic) bond motifs is 2. The summed E-state index contributed by atoms with van der Waals surface area (Å²) in [4.78, 5) is 15.9. The molecule has 1 fully saturated rings. The van der Waals surface area contributed by atoms with Crippen LogP contribution in [0.4, 0.5) is 21.0 Å². The van der Waals surface area contributed by atoms with Gasteiger partial charge in [0.2, 0.25) is 5.95 Å². The minimum Gasteiger partial charge on any atom is -0.484 e. The lowest BCUT2D eigenvalue weighted by Crippen LogP contribution is -2.38. The second-order valence-electron chi connectivity index (χ2n) is 14.1. The van der Waals surface area contributed by atoms with Crippen molar-refractivity contribution in [2.75, 3.05) is 16.8 Å². The van der Waals surface area contributed by atoms with Gasteiger partial charge in [0.15, 0.2) is 5.65 Å². The fourth-order valence-corrected chi connectivity index (χ4v) is 6.90. The van der Waals surface area contributed by atoms with Crippen molar-refractivity contribution in [2.45, 2.75) is 90.0 Å². The van der Waals surface area contributed by atoms with Crippen LogP contribution in [0.3, 0.4) is 0 Å². The molecule has 1 saturated heterocycles. The largest absolute Gasteiger partial charge is 0.484 e. The first-order valence-electron chi connectivity index (χ1n) is 17.0. The van der Waals surface area contributed by atoms with Crippen LogP contribution in [0.15, 0.2) is 66.9 Å². The number of urea groups is 1. The van der Waals surface area contributed by atoms with Crippen LogP contribution >= 0.6 is 0 Å². The van der Waals surface area contributed by atoms with Gasteiger partial charge in [-0.15, -0.1) is 10.2 Å². The summed E-state index contributed by atoms with van der Waals surface area (Å²) in [6.45, 7) is 8.93. The van der Waals surface area contributed by atoms with Crippen LogP contribution in [0.5, 0.6) is 5.75 Å². The molecule has 1 aliphatic heterocycles. The van der Waals surface area contributed by atoms with Gasteiger partial charge in [0.25, 0.3) is 0 Å². The third-order valence-electron chi connectivity index (χ3n) is 9.53. The van der Waals surface area contributed by atoms with Gasteiger partial charge in [0, 0.05) is 24.1 Å². The highest BCUT2D eigenvalue weighted by Crippen LogP contribution is 2.39. The van der Waals surface area contributed by atoms with Crippen molar-refractivity contribution in [3.63, 3.8) is 0 Å². The van der Waals surface area contributed by atoms with Crippen LogP contribution in [-0.4, -0.2) is 48.1 Å². The first-order valence-corrected chi connectivity index (χ1v) is 17.0. The molecule has 11 nitrogen and oxygen atoms in total. The molecule has 49 heavy (non-hydrogen) atoms. The number of pyridine rings is 1. The van der Waals surface area contributed by atoms with E-state index in [-0.39, 0.29) is 24.2 Å². The van der Waals surface area contributed by atoms with Crippen molar-refractivity contribution in [1.29, 1.82) is 0 Å². The normalized spacial score (nSPS) is 19.5. The molecule has 3 atom stereocenters. The molecule has 3 aromatic heterocycles. The van der Waals surface area contributed by atoms with Gasteiger partial charge in [-0.3, -0.25) is 9.72 Å². The molecule has 0 bridgehead atoms. The molecule has 7 rings (SSSR count). The SMILES string of the molecule is CC1CCCCN1c1nnc2ccc(O[C@@H]3CC[C@H](NC(=O)Nc4cc(C(C)(C)C)nn4-c4cc(F)cc(CO)c4)c4ccccc43)cn12. The number of aliphatic hydroxyl groups is 1. The van der Waals surface area contributed by atoms with Crippen LogP contribution in [0, 0.1) is 5.82 Å². The van der Waals surface area contributed by atoms with E-state index in [9.17, 15) is 14.3 Å². The van der Waals surface area contributed by atoms with E-state index in [4.69, 9.17) is 9.84 Å². The van der Waals surface area contributed by atoms with Gasteiger partial charge < -0.3 is 20.1 Å². The van der Waals surface area contributed by atoms with Crippen molar-refractivity contribution >= 4 is 23.4 Å². The Hall–Kier alpha value is -4.97. The van der Waals surface area contributed by atoms with Gasteiger partial charge in [0.1, 0.15) is 23.5 Å². The summed E-state index contributed by atoms with van der Waals surface area (Å²) >= 11 is 0. The molecule has 4 heterocycles. The third-order valence-corrected chi connectivity index (χ3v) is 9.53. The van der Waals surface area contributed by atoms with E-state index >= 15 is 0 Å². The van der Waals surface area contributed by atoms with Crippen LogP contribution in [0.1, 0.15) is 94.3 Å². The van der Waals surface area contributed by atoms with E-state index in [1.54, 1.807) is 12.1 Å². The Kier molecular flexibility index (Phi) is 8.74. The Morgan fingerprint density at radius 2 is 1.84 bits per heavy atom. The second-order valence-corrected chi connectivity index (χ2v) is 14.1. The molecule has 5 aromatic rings. The van der Waals surface area contributed by atoms with E-state index in [1.165, 1.54) is 23.2 Å². The van der Waals surface area contributed by atoms with E-state index in [1.807, 2.05) is 61.7 Å². The van der Waals surface area contributed by atoms with E-state index in [0.717, 1.165) is 53.6 Å². The first kappa shape index (κ1) is 32.6. The Labute approximate surface area is 285 Å². The van der Waals surface area contributed by atoms with E-state index < -0.39 is 11.8 Å². The number of carbonyl (C=O) groups is 1. The lowest BCUT2D eigenvalue weighted by atomic mass is 9.85. The predicted octanol–water partition coefficient (Wildman–Crippen LogP) is 7.00. The number of ether oxygens (including phenoxy) is 1. The van der Waals surface area contributed by atoms with Crippen LogP contribution < -0.4 is 20.3 Å². The number of amides is 2. The molecule has 1 unspecified atom stereocenters. The minimum atomic E-state index is -0.501. The summed E-state index contributed by atoms with van der Waals surface area (Å²) in [5.41, 5.74) is 4.00. The van der Waals surface area contributed by atoms with E-state index in [2.05, 4.69) is 38.7 Å². The fraction of sp³-hybridized carbons (Fsp3) is 0.405. The Morgan fingerprint density at radius 1 is 1.02 bits per heavy atom. The summed E-state index contributed by atoms with van der Waals surface area (Å²) in [6, 6.07) is 17.7. The zero-order valence-electron chi connectivity index (χ0n) is 28.4. The number of halogens is 1. The first-order chi connectivity index (χ1) is 23.6. The highest BCUT2D eigenvalue weighted by atomic mass is 19.1. The maximum Gasteiger partial charge on any atom is 0.320 e. The maximum atomic E-state index is 14.4. The molecule has 12 heteroatoms. The molecular weight excluding hydrogens is 623 g/mol. The molecule has 3 N–H and O–H groups in total. The summed E-state index contributed by atoms with van der Waals surface area (Å²) in [5.74, 6) is 1.46. The van der Waals surface area contributed by atoms with E-state index in [0.29, 0.717) is 36.0 Å². The molecule has 256 valence electrons. The molecule has 1 aliphatic carbocycles. The van der Waals surface area contributed by atoms with Crippen LogP contribution in [0.2, 0.25) is 0 Å². The number of nitrogens with one attached hydrogen (secondary N) is 2. The number of hydrogen-bond donors (Lipinski definition) is 3. The summed E-state index contributed by atoms with van der Waals surface area (Å²) < 4.78 is 24.6. The number of hydrogen-bond acceptors (Lipinski definition) is 7. The lowest BCUT2D eigenvalue weighted by molar-refractivity contribution is 0.171. The number of anilines is 2. The minimum absolute atomic E-state index is 0.201. The van der Waals surface area contributed by atoms with Crippen LogP contribution in [-0.2, 0) is 12.0 Å². The highest BCUT2D eigenvalue weighted by molar-refractivity contribution is 5.89. The number of nitrogens with zero attached hydrogens (tertiary/aromatic N) is 6. The number of aliphatic hydroxyl groups excluding tert-OH is 1. The summed E-state index contributed by atoms with van der Waals surface area (Å²) in [5, 5.41) is 29.4. The van der Waals surface area contributed by atoms with Gasteiger partial charge in [-0.2, -0.15) is 5.10 Å². The standard InChI is InChI=1S/C37H43FN8O3/c1-23-9-7-8-16-44(23)36-42-41-33-15-12-27(21-45(33)36)49-31-14-13-30(28-10-5-6-11-29(28)31)39-35(48)40-34-20-32(37(2,3)4)43-46(34)26-18-24(22-47)17-25(38)19-26/h5-6,10-12,15,17-21,23,30-31,47H,7-9,13-14,16,22H2,1-4H3,(H2,39,40,48)/t23?,30-,31+/m0/s1. The van der Waals surface area contributed by atoms with Gasteiger partial charge in [-0.25, -0.2) is 13.9 Å². The summed E-state index contributed by atoms with van der Waals surface area (Å²) in [7, 11) is 0. The average molecular weight is 667 g/mol. The van der Waals surface area contributed by atoms with Gasteiger partial charge in [-0.05, 0) is 86.1 Å². The topological polar surface area (TPSA) is 122 Å². The monoisotopic (exact) mass is 666 g/mol. The second kappa shape index (κ2) is 13.1. The molecular formula is C37H43FN8O3. The molecule has 2 aliphatic rings. The quantitative estimate of drug-likeness (QED) is 0.171. The Bertz CT molecular complexity index is 1980. The lowest BCUT2D eigenvalue weighted by Gasteiger charge is -2.33. The summed E-state index contributed by atoms with van der Waals surface area (Å²) in [6.07, 6.45) is 6.63. The predicted molar refractivity (Wildman–Crippen MR) is 186 cm³/mol. The van der Waals surface area contributed by atoms with Crippen molar-refractivity contribution in [1.82, 2.24) is 29.7 Å². The van der Waals surface area contributed by atoms with Gasteiger partial charge >= 0.3 is 6.03 Å².